The van der Waals surface area contributed by atoms with Gasteiger partial charge in [0.2, 0.25) is 5.78 Å². The highest BCUT2D eigenvalue weighted by Crippen LogP contribution is 2.50. The Labute approximate surface area is 107 Å². The molecule has 2 rings (SSSR count). The van der Waals surface area contributed by atoms with Gasteiger partial charge in [-0.3, -0.25) is 4.79 Å². The van der Waals surface area contributed by atoms with Gasteiger partial charge in [0.1, 0.15) is 5.03 Å². The molecule has 0 heterocycles. The molecule has 78 valence electrons. The second-order valence-corrected chi connectivity index (χ2v) is 5.16. The normalized spacial score (nSPS) is 19.1. The molecule has 1 nitrogen and oxygen atoms in total. The summed E-state index contributed by atoms with van der Waals surface area (Å²) in [5, 5.41) is -0.170. The Hall–Kier alpha value is -0.210. The molecule has 0 aliphatic heterocycles. The molecule has 0 fully saturated rings. The number of rotatable bonds is 0. The van der Waals surface area contributed by atoms with E-state index in [-0.39, 0.29) is 15.8 Å². The van der Waals surface area contributed by atoms with Crippen molar-refractivity contribution in [2.24, 2.45) is 0 Å². The van der Waals surface area contributed by atoms with Crippen LogP contribution in [0.2, 0.25) is 0 Å². The van der Waals surface area contributed by atoms with Crippen LogP contribution in [0.4, 0.5) is 0 Å². The van der Waals surface area contributed by atoms with E-state index in [1.807, 2.05) is 0 Å². The zero-order valence-electron chi connectivity index (χ0n) is 7.23. The number of allylic oxidation sites excluding steroid dienone is 2. The number of hydrogen-bond donors (Lipinski definition) is 0. The zero-order chi connectivity index (χ0) is 11.2. The number of Topliss-reactive ketones (excluding diaryl/α,β-unsaturated/α-hetero) is 1. The van der Waals surface area contributed by atoms with Crippen LogP contribution >= 0.6 is 46.4 Å². The molecule has 1 aliphatic rings. The van der Waals surface area contributed by atoms with Gasteiger partial charge in [0.25, 0.3) is 0 Å². The highest BCUT2D eigenvalue weighted by Gasteiger charge is 2.41. The van der Waals surface area contributed by atoms with E-state index in [9.17, 15) is 4.79 Å². The molecule has 1 aromatic rings. The molecule has 5 heteroatoms. The summed E-state index contributed by atoms with van der Waals surface area (Å²) in [6.45, 7) is 0. The van der Waals surface area contributed by atoms with E-state index in [0.717, 1.165) is 0 Å². The monoisotopic (exact) mass is 280 g/mol. The number of benzene rings is 1. The molecule has 0 bridgehead atoms. The first-order valence-electron chi connectivity index (χ1n) is 4.04. The third kappa shape index (κ3) is 1.58. The first kappa shape index (κ1) is 11.3. The lowest BCUT2D eigenvalue weighted by Crippen LogP contribution is -2.23. The van der Waals surface area contributed by atoms with Crippen molar-refractivity contribution in [3.05, 3.63) is 45.5 Å². The van der Waals surface area contributed by atoms with Crippen molar-refractivity contribution in [1.82, 2.24) is 0 Å². The quantitative estimate of drug-likeness (QED) is 0.652. The lowest BCUT2D eigenvalue weighted by molar-refractivity contribution is 0.103. The number of carbonyl (C=O) groups excluding carboxylic acids is 1. The van der Waals surface area contributed by atoms with Crippen molar-refractivity contribution in [2.75, 3.05) is 0 Å². The van der Waals surface area contributed by atoms with Gasteiger partial charge in [0, 0.05) is 11.1 Å². The molecule has 15 heavy (non-hydrogen) atoms. The van der Waals surface area contributed by atoms with E-state index in [2.05, 4.69) is 0 Å². The summed E-state index contributed by atoms with van der Waals surface area (Å²) >= 11 is 23.7. The summed E-state index contributed by atoms with van der Waals surface area (Å²) in [6, 6.07) is 6.71. The first-order valence-corrected chi connectivity index (χ1v) is 5.55. The van der Waals surface area contributed by atoms with E-state index >= 15 is 0 Å². The molecule has 0 atom stereocenters. The number of ketones is 1. The van der Waals surface area contributed by atoms with Gasteiger partial charge in [-0.15, -0.1) is 0 Å². The predicted molar refractivity (Wildman–Crippen MR) is 62.9 cm³/mol. The van der Waals surface area contributed by atoms with Gasteiger partial charge in [-0.2, -0.15) is 0 Å². The van der Waals surface area contributed by atoms with Crippen LogP contribution in [0.15, 0.2) is 34.3 Å². The van der Waals surface area contributed by atoms with Gasteiger partial charge in [-0.05, 0) is 0 Å². The Morgan fingerprint density at radius 2 is 1.67 bits per heavy atom. The average molecular weight is 282 g/mol. The van der Waals surface area contributed by atoms with Crippen molar-refractivity contribution in [2.45, 2.75) is 4.33 Å². The van der Waals surface area contributed by atoms with Crippen LogP contribution < -0.4 is 0 Å². The van der Waals surface area contributed by atoms with Gasteiger partial charge >= 0.3 is 0 Å². The molecule has 0 spiro atoms. The standard InChI is InChI=1S/C10H4Cl4O/c11-7-8(15)5-3-1-2-4-6(5)10(13,14)9(7)12/h1-4H. The fourth-order valence-electron chi connectivity index (χ4n) is 1.43. The van der Waals surface area contributed by atoms with E-state index in [0.29, 0.717) is 11.1 Å². The third-order valence-electron chi connectivity index (χ3n) is 2.18. The molecule has 0 saturated carbocycles. The first-order chi connectivity index (χ1) is 6.96. The van der Waals surface area contributed by atoms with Crippen LogP contribution in [0.5, 0.6) is 0 Å². The second kappa shape index (κ2) is 3.67. The highest BCUT2D eigenvalue weighted by atomic mass is 35.5. The minimum atomic E-state index is -1.44. The molecule has 0 unspecified atom stereocenters. The smallest absolute Gasteiger partial charge is 0.206 e. The van der Waals surface area contributed by atoms with Crippen molar-refractivity contribution in [3.8, 4) is 0 Å². The van der Waals surface area contributed by atoms with Gasteiger partial charge in [0.15, 0.2) is 4.33 Å². The molecule has 0 amide bonds. The largest absolute Gasteiger partial charge is 0.288 e. The molecule has 0 radical (unpaired) electrons. The van der Waals surface area contributed by atoms with Crippen molar-refractivity contribution in [3.63, 3.8) is 0 Å². The van der Waals surface area contributed by atoms with Crippen LogP contribution in [-0.4, -0.2) is 5.78 Å². The molecule has 1 aromatic carbocycles. The topological polar surface area (TPSA) is 17.1 Å². The van der Waals surface area contributed by atoms with Crippen molar-refractivity contribution >= 4 is 52.2 Å². The SMILES string of the molecule is O=C1C(Cl)=C(Cl)C(Cl)(Cl)c2ccccc21. The molecule has 0 aromatic heterocycles. The number of carbonyl (C=O) groups is 1. The number of hydrogen-bond acceptors (Lipinski definition) is 1. The van der Waals surface area contributed by atoms with E-state index in [1.165, 1.54) is 0 Å². The van der Waals surface area contributed by atoms with Gasteiger partial charge in [0.05, 0.1) is 5.03 Å². The Bertz CT molecular complexity index is 476. The third-order valence-corrected chi connectivity index (χ3v) is 4.09. The fourth-order valence-corrected chi connectivity index (χ4v) is 2.48. The van der Waals surface area contributed by atoms with Crippen LogP contribution in [0.3, 0.4) is 0 Å². The summed E-state index contributed by atoms with van der Waals surface area (Å²) in [5.41, 5.74) is 0.852. The van der Waals surface area contributed by atoms with Gasteiger partial charge in [-0.25, -0.2) is 0 Å². The van der Waals surface area contributed by atoms with Crippen LogP contribution in [0.1, 0.15) is 15.9 Å². The molecular weight excluding hydrogens is 278 g/mol. The summed E-state index contributed by atoms with van der Waals surface area (Å²) in [7, 11) is 0. The Morgan fingerprint density at radius 1 is 1.07 bits per heavy atom. The van der Waals surface area contributed by atoms with Crippen molar-refractivity contribution < 1.29 is 4.79 Å². The zero-order valence-corrected chi connectivity index (χ0v) is 10.3. The summed E-state index contributed by atoms with van der Waals surface area (Å²) in [4.78, 5) is 11.7. The molecule has 0 saturated heterocycles. The average Bonchev–Trinajstić information content (AvgIpc) is 2.24. The highest BCUT2D eigenvalue weighted by molar-refractivity contribution is 6.61. The number of halogens is 4. The second-order valence-electron chi connectivity index (χ2n) is 3.08. The van der Waals surface area contributed by atoms with Crippen molar-refractivity contribution in [1.29, 1.82) is 0 Å². The maximum atomic E-state index is 11.7. The summed E-state index contributed by atoms with van der Waals surface area (Å²) < 4.78 is -1.44. The van der Waals surface area contributed by atoms with Gasteiger partial charge < -0.3 is 0 Å². The van der Waals surface area contributed by atoms with Crippen LogP contribution in [0, 0.1) is 0 Å². The molecular formula is C10H4Cl4O. The summed E-state index contributed by atoms with van der Waals surface area (Å²) in [6.07, 6.45) is 0. The number of fused-ring (bicyclic) bond motifs is 1. The molecule has 1 aliphatic carbocycles. The molecule has 0 N–H and O–H groups in total. The van der Waals surface area contributed by atoms with E-state index < -0.39 is 4.33 Å². The Balaban J connectivity index is 2.77. The van der Waals surface area contributed by atoms with Crippen LogP contribution in [-0.2, 0) is 4.33 Å². The Kier molecular flexibility index (Phi) is 2.76. The predicted octanol–water partition coefficient (Wildman–Crippen LogP) is 4.20. The van der Waals surface area contributed by atoms with E-state index in [4.69, 9.17) is 46.4 Å². The fraction of sp³-hybridized carbons (Fsp3) is 0.100. The maximum absolute atomic E-state index is 11.7. The van der Waals surface area contributed by atoms with Crippen LogP contribution in [0.25, 0.3) is 0 Å². The Morgan fingerprint density at radius 3 is 2.33 bits per heavy atom. The lowest BCUT2D eigenvalue weighted by Gasteiger charge is -2.26. The minimum Gasteiger partial charge on any atom is -0.288 e. The minimum absolute atomic E-state index is 0.0452. The number of alkyl halides is 2. The lowest BCUT2D eigenvalue weighted by atomic mass is 9.95. The van der Waals surface area contributed by atoms with E-state index in [1.54, 1.807) is 24.3 Å². The maximum Gasteiger partial charge on any atom is 0.206 e. The summed E-state index contributed by atoms with van der Waals surface area (Å²) in [5.74, 6) is -0.353. The van der Waals surface area contributed by atoms with Gasteiger partial charge in [-0.1, -0.05) is 70.7 Å².